The normalized spacial score (nSPS) is 21.1. The lowest BCUT2D eigenvalue weighted by Crippen LogP contribution is -2.59. The van der Waals surface area contributed by atoms with Gasteiger partial charge in [-0.05, 0) is 43.0 Å². The van der Waals surface area contributed by atoms with Crippen molar-refractivity contribution in [3.63, 3.8) is 0 Å². The number of hydrogen-bond donors (Lipinski definition) is 3. The molecule has 244 valence electrons. The Hall–Kier alpha value is -4.64. The van der Waals surface area contributed by atoms with E-state index in [0.29, 0.717) is 17.7 Å². The van der Waals surface area contributed by atoms with Gasteiger partial charge in [0.2, 0.25) is 11.8 Å². The summed E-state index contributed by atoms with van der Waals surface area (Å²) in [6, 6.07) is 10.5. The highest BCUT2D eigenvalue weighted by atomic mass is 32.2. The fraction of sp³-hybridized carbons (Fsp3) is 0.300. The van der Waals surface area contributed by atoms with Crippen LogP contribution in [-0.4, -0.2) is 102 Å². The average molecular weight is 673 g/mol. The van der Waals surface area contributed by atoms with Crippen molar-refractivity contribution in [2.75, 3.05) is 32.1 Å². The molecule has 16 heteroatoms. The maximum absolute atomic E-state index is 14.9. The first-order valence-electron chi connectivity index (χ1n) is 13.7. The van der Waals surface area contributed by atoms with Crippen molar-refractivity contribution < 1.29 is 47.7 Å². The van der Waals surface area contributed by atoms with Gasteiger partial charge in [0, 0.05) is 50.1 Å². The molecule has 4 heterocycles. The Morgan fingerprint density at radius 2 is 1.76 bits per heavy atom. The van der Waals surface area contributed by atoms with E-state index in [1.807, 2.05) is 6.92 Å². The van der Waals surface area contributed by atoms with Gasteiger partial charge in [-0.3, -0.25) is 14.5 Å². The Balaban J connectivity index is 0.000000533. The summed E-state index contributed by atoms with van der Waals surface area (Å²) in [6.45, 7) is 1.79. The maximum atomic E-state index is 14.9. The van der Waals surface area contributed by atoms with Gasteiger partial charge in [-0.25, -0.2) is 14.6 Å². The minimum atomic E-state index is -4.31. The summed E-state index contributed by atoms with van der Waals surface area (Å²) in [5, 5.41) is 28.1. The van der Waals surface area contributed by atoms with Crippen LogP contribution in [0.25, 0.3) is 0 Å². The highest BCUT2D eigenvalue weighted by Crippen LogP contribution is 2.54. The van der Waals surface area contributed by atoms with E-state index in [1.54, 1.807) is 60.8 Å². The fourth-order valence-corrected chi connectivity index (χ4v) is 8.13. The molecule has 3 atom stereocenters. The Bertz CT molecular complexity index is 1780. The summed E-state index contributed by atoms with van der Waals surface area (Å²) in [5.41, 5.74) is -0.195. The van der Waals surface area contributed by atoms with Crippen molar-refractivity contribution in [1.29, 1.82) is 0 Å². The zero-order valence-electron chi connectivity index (χ0n) is 25.2. The van der Waals surface area contributed by atoms with Crippen LogP contribution >= 0.6 is 11.3 Å². The first kappa shape index (κ1) is 34.2. The van der Waals surface area contributed by atoms with E-state index < -0.39 is 45.6 Å². The highest BCUT2D eigenvalue weighted by molar-refractivity contribution is 7.95. The molecule has 3 N–H and O–H groups in total. The van der Waals surface area contributed by atoms with Crippen LogP contribution in [0, 0.1) is 6.92 Å². The standard InChI is InChI=1S/C26H28N4O6S2.C4H4O4/c1-16-9-10-20-19(13-16)26(18-7-5-11-27-23(18)36-4,29-15-17(31)14-21(29)24(32)28(2)3)25(33)30(20)38(34,35)22-8-6-12-37-22;5-3(6)1-2-4(7)8/h5-13,17,21,31H,14-15H2,1-4H3;1-2H,(H,5,6)(H,7,8)/t17-,21+,26?;/m1./s1. The lowest BCUT2D eigenvalue weighted by Gasteiger charge is -2.41. The number of carbonyl (C=O) groups is 4. The Morgan fingerprint density at radius 3 is 2.33 bits per heavy atom. The number of likely N-dealkylation sites (tertiary alicyclic amines) is 1. The number of likely N-dealkylation sites (N-methyl/N-ethyl adjacent to an activating group) is 1. The lowest BCUT2D eigenvalue weighted by molar-refractivity contribution is -0.138. The van der Waals surface area contributed by atoms with Gasteiger partial charge in [-0.1, -0.05) is 23.8 Å². The number of amides is 2. The number of aliphatic hydroxyl groups is 1. The quantitative estimate of drug-likeness (QED) is 0.294. The number of thiophene rings is 1. The van der Waals surface area contributed by atoms with Crippen molar-refractivity contribution in [2.24, 2.45) is 0 Å². The summed E-state index contributed by atoms with van der Waals surface area (Å²) in [7, 11) is 0.308. The summed E-state index contributed by atoms with van der Waals surface area (Å²) < 4.78 is 34.3. The van der Waals surface area contributed by atoms with Crippen molar-refractivity contribution >= 4 is 50.8 Å². The molecule has 0 radical (unpaired) electrons. The molecule has 2 aromatic heterocycles. The monoisotopic (exact) mass is 672 g/mol. The number of nitrogens with zero attached hydrogens (tertiary/aromatic N) is 4. The molecule has 1 saturated heterocycles. The molecule has 5 rings (SSSR count). The predicted octanol–water partition coefficient (Wildman–Crippen LogP) is 1.67. The molecule has 0 spiro atoms. The van der Waals surface area contributed by atoms with E-state index in [2.05, 4.69) is 4.98 Å². The van der Waals surface area contributed by atoms with Crippen LogP contribution in [0.3, 0.4) is 0 Å². The molecule has 46 heavy (non-hydrogen) atoms. The topological polar surface area (TPSA) is 195 Å². The number of β-amino-alcohol motifs (C(OH)–C–C–N with tert-alkyl or cyclic N) is 1. The number of aromatic nitrogens is 1. The summed E-state index contributed by atoms with van der Waals surface area (Å²) in [4.78, 5) is 54.7. The van der Waals surface area contributed by atoms with E-state index in [1.165, 1.54) is 24.3 Å². The number of benzene rings is 1. The van der Waals surface area contributed by atoms with Crippen molar-refractivity contribution in [3.8, 4) is 5.88 Å². The van der Waals surface area contributed by atoms with Crippen LogP contribution in [0.5, 0.6) is 5.88 Å². The maximum Gasteiger partial charge on any atom is 0.328 e. The second-order valence-corrected chi connectivity index (χ2v) is 13.6. The SMILES string of the molecule is COc1ncccc1C1(N2C[C@H](O)C[C@H]2C(=O)N(C)C)C(=O)N(S(=O)(=O)c2cccs2)c2ccc(C)cc21.O=C(O)C=CC(=O)O. The Morgan fingerprint density at radius 1 is 1.09 bits per heavy atom. The number of carboxylic acid groups (broad SMARTS) is 2. The average Bonchev–Trinajstić information content (AvgIpc) is 3.74. The summed E-state index contributed by atoms with van der Waals surface area (Å²) in [6.07, 6.45) is 1.78. The number of methoxy groups -OCH3 is 1. The number of rotatable bonds is 8. The number of fused-ring (bicyclic) bond motifs is 1. The van der Waals surface area contributed by atoms with Crippen LogP contribution < -0.4 is 9.04 Å². The van der Waals surface area contributed by atoms with Gasteiger partial charge >= 0.3 is 11.9 Å². The van der Waals surface area contributed by atoms with Gasteiger partial charge in [0.25, 0.3) is 15.9 Å². The zero-order chi connectivity index (χ0) is 34.0. The number of sulfonamides is 1. The number of aliphatic carboxylic acids is 2. The molecular formula is C30H32N4O10S2. The second kappa shape index (κ2) is 13.4. The van der Waals surface area contributed by atoms with E-state index in [4.69, 9.17) is 14.9 Å². The second-order valence-electron chi connectivity index (χ2n) is 10.6. The van der Waals surface area contributed by atoms with Crippen LogP contribution in [-0.2, 0) is 34.7 Å². The summed E-state index contributed by atoms with van der Waals surface area (Å²) in [5.74, 6) is -3.50. The first-order valence-corrected chi connectivity index (χ1v) is 16.0. The third-order valence-corrected chi connectivity index (χ3v) is 10.5. The number of pyridine rings is 1. The van der Waals surface area contributed by atoms with Gasteiger partial charge in [0.05, 0.1) is 24.9 Å². The molecule has 3 aromatic rings. The molecule has 2 aliphatic heterocycles. The largest absolute Gasteiger partial charge is 0.481 e. The number of carbonyl (C=O) groups excluding carboxylic acids is 2. The molecule has 0 aliphatic carbocycles. The van der Waals surface area contributed by atoms with E-state index in [9.17, 15) is 32.7 Å². The third kappa shape index (κ3) is 6.11. The molecule has 0 bridgehead atoms. The molecule has 1 unspecified atom stereocenters. The van der Waals surface area contributed by atoms with Gasteiger partial charge in [0.15, 0.2) is 5.54 Å². The van der Waals surface area contributed by atoms with Gasteiger partial charge in [-0.15, -0.1) is 11.3 Å². The van der Waals surface area contributed by atoms with Crippen LogP contribution in [0.2, 0.25) is 0 Å². The number of aliphatic hydroxyl groups excluding tert-OH is 1. The van der Waals surface area contributed by atoms with Crippen molar-refractivity contribution in [2.45, 2.75) is 35.2 Å². The van der Waals surface area contributed by atoms with Crippen molar-refractivity contribution in [3.05, 3.63) is 82.9 Å². The zero-order valence-corrected chi connectivity index (χ0v) is 26.9. The highest BCUT2D eigenvalue weighted by Gasteiger charge is 2.64. The van der Waals surface area contributed by atoms with Crippen molar-refractivity contribution in [1.82, 2.24) is 14.8 Å². The Kier molecular flexibility index (Phi) is 9.96. The van der Waals surface area contributed by atoms with E-state index >= 15 is 0 Å². The third-order valence-electron chi connectivity index (χ3n) is 7.40. The molecule has 1 aromatic carbocycles. The van der Waals surface area contributed by atoms with Gasteiger partial charge in [-0.2, -0.15) is 12.7 Å². The molecule has 14 nitrogen and oxygen atoms in total. The minimum Gasteiger partial charge on any atom is -0.481 e. The minimum absolute atomic E-state index is 0.00806. The lowest BCUT2D eigenvalue weighted by atomic mass is 9.81. The number of carboxylic acids is 2. The van der Waals surface area contributed by atoms with Gasteiger partial charge < -0.3 is 25.0 Å². The van der Waals surface area contributed by atoms with Gasteiger partial charge in [0.1, 0.15) is 4.21 Å². The van der Waals surface area contributed by atoms with E-state index in [0.717, 1.165) is 21.2 Å². The molecule has 0 saturated carbocycles. The molecule has 2 aliphatic rings. The Labute approximate surface area is 268 Å². The number of aryl methyl sites for hydroxylation is 1. The smallest absolute Gasteiger partial charge is 0.328 e. The van der Waals surface area contributed by atoms with E-state index in [-0.39, 0.29) is 40.2 Å². The summed E-state index contributed by atoms with van der Waals surface area (Å²) >= 11 is 1.01. The number of ether oxygens (including phenoxy) is 1. The number of hydrogen-bond acceptors (Lipinski definition) is 11. The fourth-order valence-electron chi connectivity index (χ4n) is 5.61. The molecular weight excluding hydrogens is 640 g/mol. The van der Waals surface area contributed by atoms with Crippen LogP contribution in [0.15, 0.2) is 70.4 Å². The molecule has 2 amide bonds. The van der Waals surface area contributed by atoms with Crippen LogP contribution in [0.1, 0.15) is 23.1 Å². The molecule has 1 fully saturated rings. The van der Waals surface area contributed by atoms with Crippen LogP contribution in [0.4, 0.5) is 5.69 Å². The first-order chi connectivity index (χ1) is 21.7. The number of anilines is 1. The predicted molar refractivity (Wildman–Crippen MR) is 166 cm³/mol.